The summed E-state index contributed by atoms with van der Waals surface area (Å²) in [5, 5.41) is 9.99. The van der Waals surface area contributed by atoms with Gasteiger partial charge in [0, 0.05) is 47.9 Å². The van der Waals surface area contributed by atoms with Crippen LogP contribution in [0.1, 0.15) is 36.7 Å². The lowest BCUT2D eigenvalue weighted by atomic mass is 9.95. The van der Waals surface area contributed by atoms with Gasteiger partial charge in [0.25, 0.3) is 5.91 Å². The number of halogens is 1. The summed E-state index contributed by atoms with van der Waals surface area (Å²) in [6.07, 6.45) is 1.64. The molecule has 10 heteroatoms. The molecule has 4 aromatic rings. The summed E-state index contributed by atoms with van der Waals surface area (Å²) in [5.41, 5.74) is 2.46. The third kappa shape index (κ3) is 6.00. The molecule has 38 heavy (non-hydrogen) atoms. The summed E-state index contributed by atoms with van der Waals surface area (Å²) in [7, 11) is 3.34. The molecule has 0 unspecified atom stereocenters. The van der Waals surface area contributed by atoms with E-state index < -0.39 is 5.41 Å². The molecule has 0 aliphatic rings. The molecule has 2 heterocycles. The van der Waals surface area contributed by atoms with Gasteiger partial charge in [0.1, 0.15) is 5.82 Å². The summed E-state index contributed by atoms with van der Waals surface area (Å²) < 4.78 is 5.13. The van der Waals surface area contributed by atoms with Gasteiger partial charge in [-0.15, -0.1) is 0 Å². The maximum absolute atomic E-state index is 13.1. The summed E-state index contributed by atoms with van der Waals surface area (Å²) in [6.45, 7) is 5.81. The van der Waals surface area contributed by atoms with Gasteiger partial charge < -0.3 is 20.7 Å². The smallest absolute Gasteiger partial charge is 0.257 e. The average Bonchev–Trinajstić information content (AvgIpc) is 2.91. The molecule has 4 rings (SSSR count). The van der Waals surface area contributed by atoms with Crippen LogP contribution in [0.2, 0.25) is 5.02 Å². The Morgan fingerprint density at radius 2 is 1.82 bits per heavy atom. The number of amides is 2. The minimum Gasteiger partial charge on any atom is -0.481 e. The van der Waals surface area contributed by atoms with Gasteiger partial charge in [-0.2, -0.15) is 0 Å². The minimum atomic E-state index is -0.511. The van der Waals surface area contributed by atoms with Crippen molar-refractivity contribution in [1.29, 1.82) is 0 Å². The summed E-state index contributed by atoms with van der Waals surface area (Å²) >= 11 is 6.35. The first kappa shape index (κ1) is 26.8. The molecular formula is C28H29ClN6O3. The van der Waals surface area contributed by atoms with Crippen molar-refractivity contribution in [3.63, 3.8) is 0 Å². The zero-order chi connectivity index (χ0) is 27.4. The Morgan fingerprint density at radius 1 is 1.03 bits per heavy atom. The second-order valence-corrected chi connectivity index (χ2v) is 10.1. The highest BCUT2D eigenvalue weighted by molar-refractivity contribution is 6.34. The number of methoxy groups -OCH3 is 1. The highest BCUT2D eigenvalue weighted by Crippen LogP contribution is 2.28. The third-order valence-electron chi connectivity index (χ3n) is 5.80. The highest BCUT2D eigenvalue weighted by Gasteiger charge is 2.21. The monoisotopic (exact) mass is 532 g/mol. The number of benzene rings is 2. The lowest BCUT2D eigenvalue weighted by Crippen LogP contribution is -2.34. The van der Waals surface area contributed by atoms with E-state index in [1.54, 1.807) is 56.8 Å². The fourth-order valence-corrected chi connectivity index (χ4v) is 3.87. The Kier molecular flexibility index (Phi) is 7.78. The number of hydrogen-bond acceptors (Lipinski definition) is 7. The summed E-state index contributed by atoms with van der Waals surface area (Å²) in [5.74, 6) is 1.16. The predicted molar refractivity (Wildman–Crippen MR) is 150 cm³/mol. The fourth-order valence-electron chi connectivity index (χ4n) is 3.66. The Bertz CT molecular complexity index is 1500. The number of fused-ring (bicyclic) bond motifs is 1. The van der Waals surface area contributed by atoms with Gasteiger partial charge in [0.2, 0.25) is 11.8 Å². The van der Waals surface area contributed by atoms with Crippen molar-refractivity contribution in [2.24, 2.45) is 5.41 Å². The molecule has 3 N–H and O–H groups in total. The largest absolute Gasteiger partial charge is 0.481 e. The quantitative estimate of drug-likeness (QED) is 0.295. The maximum Gasteiger partial charge on any atom is 0.257 e. The van der Waals surface area contributed by atoms with Crippen LogP contribution in [0.15, 0.2) is 54.7 Å². The number of aromatic nitrogens is 3. The van der Waals surface area contributed by atoms with E-state index in [1.807, 2.05) is 32.9 Å². The maximum atomic E-state index is 13.1. The topological polar surface area (TPSA) is 118 Å². The zero-order valence-corrected chi connectivity index (χ0v) is 22.6. The van der Waals surface area contributed by atoms with E-state index in [0.717, 1.165) is 16.5 Å². The van der Waals surface area contributed by atoms with Gasteiger partial charge >= 0.3 is 0 Å². The number of rotatable bonds is 7. The summed E-state index contributed by atoms with van der Waals surface area (Å²) in [6, 6.07) is 14.1. The SMILES string of the molecule is CNc1nc(-c2ccc(OC)nc2)nc2cc(NC(=O)c3cc(CNC(=O)C(C)(C)C)ccc3Cl)ccc12. The van der Waals surface area contributed by atoms with E-state index in [9.17, 15) is 9.59 Å². The molecule has 0 atom stereocenters. The number of carbonyl (C=O) groups is 2. The van der Waals surface area contributed by atoms with E-state index in [4.69, 9.17) is 21.3 Å². The van der Waals surface area contributed by atoms with E-state index in [1.165, 1.54) is 0 Å². The Morgan fingerprint density at radius 3 is 2.47 bits per heavy atom. The molecule has 0 saturated heterocycles. The first-order chi connectivity index (χ1) is 18.1. The fraction of sp³-hybridized carbons (Fsp3) is 0.250. The van der Waals surface area contributed by atoms with Crippen molar-refractivity contribution < 1.29 is 14.3 Å². The molecule has 0 aliphatic carbocycles. The molecule has 0 bridgehead atoms. The van der Waals surface area contributed by atoms with Gasteiger partial charge in [0.05, 0.1) is 23.2 Å². The first-order valence-corrected chi connectivity index (χ1v) is 12.3. The average molecular weight is 533 g/mol. The molecule has 0 aliphatic heterocycles. The summed E-state index contributed by atoms with van der Waals surface area (Å²) in [4.78, 5) is 38.9. The third-order valence-corrected chi connectivity index (χ3v) is 6.13. The number of nitrogens with one attached hydrogen (secondary N) is 3. The van der Waals surface area contributed by atoms with Gasteiger partial charge in [-0.05, 0) is 42.0 Å². The highest BCUT2D eigenvalue weighted by atomic mass is 35.5. The normalized spacial score (nSPS) is 11.2. The van der Waals surface area contributed by atoms with Crippen LogP contribution < -0.4 is 20.7 Å². The Labute approximate surface area is 226 Å². The molecule has 0 spiro atoms. The number of pyridine rings is 1. The molecule has 2 aromatic heterocycles. The van der Waals surface area contributed by atoms with Gasteiger partial charge in [-0.25, -0.2) is 15.0 Å². The number of carbonyl (C=O) groups excluding carboxylic acids is 2. The van der Waals surface area contributed by atoms with Crippen LogP contribution >= 0.6 is 11.6 Å². The zero-order valence-electron chi connectivity index (χ0n) is 21.8. The second kappa shape index (κ2) is 11.0. The lowest BCUT2D eigenvalue weighted by Gasteiger charge is -2.18. The Hall–Kier alpha value is -4.24. The van der Waals surface area contributed by atoms with E-state index >= 15 is 0 Å². The van der Waals surface area contributed by atoms with Crippen LogP contribution in [-0.4, -0.2) is 40.9 Å². The van der Waals surface area contributed by atoms with Crippen molar-refractivity contribution >= 4 is 45.8 Å². The van der Waals surface area contributed by atoms with Crippen molar-refractivity contribution in [2.75, 3.05) is 24.8 Å². The number of nitrogens with zero attached hydrogens (tertiary/aromatic N) is 3. The molecule has 0 fully saturated rings. The van der Waals surface area contributed by atoms with E-state index in [-0.39, 0.29) is 18.4 Å². The van der Waals surface area contributed by atoms with Crippen LogP contribution in [0.25, 0.3) is 22.3 Å². The van der Waals surface area contributed by atoms with Gasteiger partial charge in [0.15, 0.2) is 5.82 Å². The number of anilines is 2. The van der Waals surface area contributed by atoms with Gasteiger partial charge in [-0.1, -0.05) is 38.4 Å². The number of ether oxygens (including phenoxy) is 1. The lowest BCUT2D eigenvalue weighted by molar-refractivity contribution is -0.128. The van der Waals surface area contributed by atoms with Crippen molar-refractivity contribution in [1.82, 2.24) is 20.3 Å². The molecule has 9 nitrogen and oxygen atoms in total. The van der Waals surface area contributed by atoms with Crippen molar-refractivity contribution in [3.8, 4) is 17.3 Å². The molecule has 0 saturated carbocycles. The molecule has 2 amide bonds. The Balaban J connectivity index is 1.59. The molecular weight excluding hydrogens is 504 g/mol. The first-order valence-electron chi connectivity index (χ1n) is 12.0. The van der Waals surface area contributed by atoms with Crippen LogP contribution in [-0.2, 0) is 11.3 Å². The van der Waals surface area contributed by atoms with Crippen molar-refractivity contribution in [2.45, 2.75) is 27.3 Å². The van der Waals surface area contributed by atoms with Crippen LogP contribution in [0.3, 0.4) is 0 Å². The van der Waals surface area contributed by atoms with Crippen LogP contribution in [0.5, 0.6) is 5.88 Å². The minimum absolute atomic E-state index is 0.0812. The molecule has 196 valence electrons. The molecule has 0 radical (unpaired) electrons. The van der Waals surface area contributed by atoms with E-state index in [0.29, 0.717) is 39.3 Å². The van der Waals surface area contributed by atoms with E-state index in [2.05, 4.69) is 25.9 Å². The predicted octanol–water partition coefficient (Wildman–Crippen LogP) is 5.31. The van der Waals surface area contributed by atoms with Crippen molar-refractivity contribution in [3.05, 3.63) is 70.9 Å². The second-order valence-electron chi connectivity index (χ2n) is 9.67. The molecule has 2 aromatic carbocycles. The number of hydrogen-bond donors (Lipinski definition) is 3. The van der Waals surface area contributed by atoms with Gasteiger partial charge in [-0.3, -0.25) is 9.59 Å². The standard InChI is InChI=1S/C28H29ClN6O3/c1-28(2,3)27(37)32-14-16-6-10-21(29)20(12-16)26(36)33-18-8-9-19-22(13-18)34-24(35-25(19)30-4)17-7-11-23(38-5)31-15-17/h6-13,15H,14H2,1-5H3,(H,32,37)(H,33,36)(H,30,34,35). The van der Waals surface area contributed by atoms with Crippen LogP contribution in [0.4, 0.5) is 11.5 Å². The van der Waals surface area contributed by atoms with Crippen LogP contribution in [0, 0.1) is 5.41 Å².